The number of quaternary nitrogens is 1. The third-order valence-corrected chi connectivity index (χ3v) is 10.6. The number of carbonyl (C=O) groups excluding carboxylic acids is 2. The zero-order valence-electron chi connectivity index (χ0n) is 34.8. The lowest BCUT2D eigenvalue weighted by Crippen LogP contribution is -2.37. The van der Waals surface area contributed by atoms with E-state index < -0.39 is 26.5 Å². The van der Waals surface area contributed by atoms with E-state index in [9.17, 15) is 19.0 Å². The van der Waals surface area contributed by atoms with E-state index in [0.29, 0.717) is 17.4 Å². The molecule has 0 heterocycles. The second kappa shape index (κ2) is 35.7. The predicted molar refractivity (Wildman–Crippen MR) is 213 cm³/mol. The molecule has 0 fully saturated rings. The summed E-state index contributed by atoms with van der Waals surface area (Å²) in [5.41, 5.74) is 0. The molecule has 0 amide bonds. The molecule has 0 aliphatic rings. The fourth-order valence-electron chi connectivity index (χ4n) is 6.18. The Morgan fingerprint density at radius 3 is 1.23 bits per heavy atom. The first kappa shape index (κ1) is 51.0. The quantitative estimate of drug-likeness (QED) is 0.0263. The Hall–Kier alpha value is -0.990. The number of esters is 2. The summed E-state index contributed by atoms with van der Waals surface area (Å²) in [6.07, 6.45) is 34.3. The topological polar surface area (TPSA) is 111 Å². The number of carbonyl (C=O) groups is 2. The maximum atomic E-state index is 12.6. The van der Waals surface area contributed by atoms with Crippen molar-refractivity contribution in [2.45, 2.75) is 213 Å². The standard InChI is InChI=1S/C42H84NO8P/c1-6-8-10-12-14-16-17-18-19-20-21-22-23-24-25-26-27-29-31-33-35-42(45)51-40(39-50-52(46,47)49-37-36-43(3,4)5)38-48-41(44)34-32-30-28-15-13-11-9-7-2/h40H,6-39H2,1-5H3. The molecule has 0 bridgehead atoms. The van der Waals surface area contributed by atoms with Crippen LogP contribution in [-0.4, -0.2) is 70.0 Å². The number of rotatable bonds is 40. The summed E-state index contributed by atoms with van der Waals surface area (Å²) in [5, 5.41) is 0. The highest BCUT2D eigenvalue weighted by Gasteiger charge is 2.21. The van der Waals surface area contributed by atoms with Gasteiger partial charge in [-0.25, -0.2) is 0 Å². The molecule has 0 aliphatic carbocycles. The van der Waals surface area contributed by atoms with Gasteiger partial charge in [0, 0.05) is 12.8 Å². The number of hydrogen-bond acceptors (Lipinski definition) is 8. The van der Waals surface area contributed by atoms with E-state index in [1.807, 2.05) is 21.1 Å². The van der Waals surface area contributed by atoms with Crippen molar-refractivity contribution < 1.29 is 42.1 Å². The van der Waals surface area contributed by atoms with Crippen molar-refractivity contribution >= 4 is 19.8 Å². The minimum Gasteiger partial charge on any atom is -0.756 e. The minimum absolute atomic E-state index is 0.0260. The Balaban J connectivity index is 4.20. The molecule has 0 aromatic heterocycles. The van der Waals surface area contributed by atoms with Crippen molar-refractivity contribution in [1.29, 1.82) is 0 Å². The van der Waals surface area contributed by atoms with Crippen molar-refractivity contribution in [2.75, 3.05) is 47.5 Å². The van der Waals surface area contributed by atoms with Crippen LogP contribution in [-0.2, 0) is 32.7 Å². The molecule has 0 N–H and O–H groups in total. The fraction of sp³-hybridized carbons (Fsp3) is 0.952. The van der Waals surface area contributed by atoms with Crippen LogP contribution in [0.25, 0.3) is 0 Å². The molecule has 0 aromatic carbocycles. The van der Waals surface area contributed by atoms with Crippen LogP contribution in [0.4, 0.5) is 0 Å². The third kappa shape index (κ3) is 38.7. The molecule has 10 heteroatoms. The molecular formula is C42H84NO8P. The van der Waals surface area contributed by atoms with Gasteiger partial charge < -0.3 is 27.9 Å². The first-order chi connectivity index (χ1) is 25.0. The highest BCUT2D eigenvalue weighted by atomic mass is 31.2. The van der Waals surface area contributed by atoms with Crippen molar-refractivity contribution in [2.24, 2.45) is 0 Å². The van der Waals surface area contributed by atoms with Crippen molar-refractivity contribution in [1.82, 2.24) is 0 Å². The molecule has 0 spiro atoms. The molecule has 52 heavy (non-hydrogen) atoms. The average molecular weight is 762 g/mol. The smallest absolute Gasteiger partial charge is 0.306 e. The summed E-state index contributed by atoms with van der Waals surface area (Å²) in [6, 6.07) is 0. The molecule has 9 nitrogen and oxygen atoms in total. The van der Waals surface area contributed by atoms with Crippen LogP contribution >= 0.6 is 7.82 Å². The minimum atomic E-state index is -4.61. The van der Waals surface area contributed by atoms with E-state index in [1.54, 1.807) is 0 Å². The van der Waals surface area contributed by atoms with E-state index >= 15 is 0 Å². The van der Waals surface area contributed by atoms with E-state index in [2.05, 4.69) is 13.8 Å². The van der Waals surface area contributed by atoms with Crippen LogP contribution in [0.3, 0.4) is 0 Å². The molecule has 2 atom stereocenters. The van der Waals surface area contributed by atoms with E-state index in [0.717, 1.165) is 32.1 Å². The highest BCUT2D eigenvalue weighted by Crippen LogP contribution is 2.38. The Morgan fingerprint density at radius 1 is 0.519 bits per heavy atom. The van der Waals surface area contributed by atoms with Gasteiger partial charge in [-0.1, -0.05) is 181 Å². The molecule has 0 saturated heterocycles. The molecule has 2 unspecified atom stereocenters. The van der Waals surface area contributed by atoms with Crippen molar-refractivity contribution in [3.8, 4) is 0 Å². The second-order valence-corrected chi connectivity index (χ2v) is 17.5. The summed E-state index contributed by atoms with van der Waals surface area (Å²) >= 11 is 0. The predicted octanol–water partition coefficient (Wildman–Crippen LogP) is 11.4. The molecule has 0 saturated carbocycles. The number of ether oxygens (including phenoxy) is 2. The first-order valence-electron chi connectivity index (χ1n) is 21.7. The Kier molecular flexibility index (Phi) is 35.0. The Morgan fingerprint density at radius 2 is 0.865 bits per heavy atom. The van der Waals surface area contributed by atoms with Crippen LogP contribution in [0.5, 0.6) is 0 Å². The summed E-state index contributed by atoms with van der Waals surface area (Å²) < 4.78 is 33.8. The highest BCUT2D eigenvalue weighted by molar-refractivity contribution is 7.45. The number of likely N-dealkylation sites (N-methyl/N-ethyl adjacent to an activating group) is 1. The summed E-state index contributed by atoms with van der Waals surface area (Å²) in [6.45, 7) is 4.22. The van der Waals surface area contributed by atoms with Crippen LogP contribution < -0.4 is 4.89 Å². The normalized spacial score (nSPS) is 13.6. The van der Waals surface area contributed by atoms with Crippen LogP contribution in [0.15, 0.2) is 0 Å². The van der Waals surface area contributed by atoms with Gasteiger partial charge in [-0.15, -0.1) is 0 Å². The van der Waals surface area contributed by atoms with Gasteiger partial charge in [-0.2, -0.15) is 0 Å². The lowest BCUT2D eigenvalue weighted by molar-refractivity contribution is -0.870. The number of nitrogens with zero attached hydrogens (tertiary/aromatic N) is 1. The molecule has 0 rings (SSSR count). The lowest BCUT2D eigenvalue weighted by Gasteiger charge is -2.28. The first-order valence-corrected chi connectivity index (χ1v) is 23.2. The number of unbranched alkanes of at least 4 members (excludes halogenated alkanes) is 26. The average Bonchev–Trinajstić information content (AvgIpc) is 3.09. The van der Waals surface area contributed by atoms with E-state index in [-0.39, 0.29) is 32.0 Å². The van der Waals surface area contributed by atoms with Crippen LogP contribution in [0.1, 0.15) is 206 Å². The molecule has 0 radical (unpaired) electrons. The van der Waals surface area contributed by atoms with Crippen molar-refractivity contribution in [3.05, 3.63) is 0 Å². The van der Waals surface area contributed by atoms with Crippen LogP contribution in [0, 0.1) is 0 Å². The number of hydrogen-bond donors (Lipinski definition) is 0. The van der Waals surface area contributed by atoms with Gasteiger partial charge in [-0.3, -0.25) is 14.2 Å². The van der Waals surface area contributed by atoms with Crippen molar-refractivity contribution in [3.63, 3.8) is 0 Å². The van der Waals surface area contributed by atoms with Gasteiger partial charge in [-0.05, 0) is 12.8 Å². The maximum absolute atomic E-state index is 12.6. The summed E-state index contributed by atoms with van der Waals surface area (Å²) in [4.78, 5) is 37.3. The van der Waals surface area contributed by atoms with E-state index in [4.69, 9.17) is 18.5 Å². The van der Waals surface area contributed by atoms with Gasteiger partial charge in [0.15, 0.2) is 6.10 Å². The number of phosphoric ester groups is 1. The molecule has 0 aliphatic heterocycles. The Labute approximate surface area is 321 Å². The largest absolute Gasteiger partial charge is 0.756 e. The van der Waals surface area contributed by atoms with Gasteiger partial charge in [0.2, 0.25) is 0 Å². The lowest BCUT2D eigenvalue weighted by atomic mass is 10.0. The number of phosphoric acid groups is 1. The second-order valence-electron chi connectivity index (χ2n) is 16.1. The fourth-order valence-corrected chi connectivity index (χ4v) is 6.91. The monoisotopic (exact) mass is 762 g/mol. The summed E-state index contributed by atoms with van der Waals surface area (Å²) in [7, 11) is 1.18. The Bertz CT molecular complexity index is 865. The van der Waals surface area contributed by atoms with Gasteiger partial charge in [0.1, 0.15) is 19.8 Å². The third-order valence-electron chi connectivity index (χ3n) is 9.63. The SMILES string of the molecule is CCCCCCCCCCCCCCCCCCCCCCC(=O)OC(COC(=O)CCCCCCCCCC)COP(=O)([O-])OCC[N+](C)(C)C. The maximum Gasteiger partial charge on any atom is 0.306 e. The van der Waals surface area contributed by atoms with Gasteiger partial charge in [0.05, 0.1) is 27.7 Å². The van der Waals surface area contributed by atoms with Crippen LogP contribution in [0.2, 0.25) is 0 Å². The molecule has 0 aromatic rings. The molecular weight excluding hydrogens is 677 g/mol. The summed E-state index contributed by atoms with van der Waals surface area (Å²) in [5.74, 6) is -0.826. The molecule has 310 valence electrons. The van der Waals surface area contributed by atoms with Gasteiger partial charge in [0.25, 0.3) is 7.82 Å². The van der Waals surface area contributed by atoms with E-state index in [1.165, 1.54) is 141 Å². The van der Waals surface area contributed by atoms with Gasteiger partial charge >= 0.3 is 11.9 Å². The zero-order chi connectivity index (χ0) is 38.6. The zero-order valence-corrected chi connectivity index (χ0v) is 35.7.